The number of thioether (sulfide) groups is 1. The number of hydrogen-bond donors (Lipinski definition) is 2. The van der Waals surface area contributed by atoms with Gasteiger partial charge in [0, 0.05) is 22.6 Å². The van der Waals surface area contributed by atoms with E-state index in [1.165, 1.54) is 23.5 Å². The molecule has 1 aromatic heterocycles. The number of alkyl halides is 3. The first kappa shape index (κ1) is 17.2. The van der Waals surface area contributed by atoms with Crippen molar-refractivity contribution in [1.29, 1.82) is 0 Å². The summed E-state index contributed by atoms with van der Waals surface area (Å²) in [6.45, 7) is 0.304. The molecule has 1 aromatic carbocycles. The summed E-state index contributed by atoms with van der Waals surface area (Å²) in [7, 11) is 0. The zero-order valence-electron chi connectivity index (χ0n) is 12.4. The predicted octanol–water partition coefficient (Wildman–Crippen LogP) is 3.11. The molecule has 0 aliphatic carbocycles. The quantitative estimate of drug-likeness (QED) is 0.865. The van der Waals surface area contributed by atoms with Gasteiger partial charge in [0.1, 0.15) is 5.01 Å². The van der Waals surface area contributed by atoms with E-state index in [1.807, 2.05) is 0 Å². The van der Waals surface area contributed by atoms with Gasteiger partial charge in [0.2, 0.25) is 5.91 Å². The molecule has 1 aliphatic heterocycles. The highest BCUT2D eigenvalue weighted by Crippen LogP contribution is 2.31. The molecule has 0 bridgehead atoms. The van der Waals surface area contributed by atoms with E-state index in [4.69, 9.17) is 0 Å². The second-order valence-electron chi connectivity index (χ2n) is 5.21. The minimum absolute atomic E-state index is 0.0657. The summed E-state index contributed by atoms with van der Waals surface area (Å²) in [5, 5.41) is 8.32. The van der Waals surface area contributed by atoms with Crippen molar-refractivity contribution < 1.29 is 18.0 Å². The van der Waals surface area contributed by atoms with Crippen LogP contribution in [0.4, 0.5) is 13.2 Å². The largest absolute Gasteiger partial charge is 0.416 e. The summed E-state index contributed by atoms with van der Waals surface area (Å²) in [4.78, 5) is 16.3. The minimum Gasteiger partial charge on any atom is -0.349 e. The molecular weight excluding hydrogens is 359 g/mol. The Labute approximate surface area is 144 Å². The van der Waals surface area contributed by atoms with E-state index in [-0.39, 0.29) is 11.9 Å². The number of thiazole rings is 1. The fourth-order valence-electron chi connectivity index (χ4n) is 2.19. The number of halogens is 3. The summed E-state index contributed by atoms with van der Waals surface area (Å²) in [5.74, 6) is 1.45. The Kier molecular flexibility index (Phi) is 5.12. The molecule has 2 aromatic rings. The van der Waals surface area contributed by atoms with Gasteiger partial charge in [-0.2, -0.15) is 13.2 Å². The monoisotopic (exact) mass is 373 g/mol. The van der Waals surface area contributed by atoms with Crippen LogP contribution in [0.15, 0.2) is 29.6 Å². The molecule has 2 N–H and O–H groups in total. The van der Waals surface area contributed by atoms with Crippen molar-refractivity contribution in [2.24, 2.45) is 0 Å². The smallest absolute Gasteiger partial charge is 0.349 e. The van der Waals surface area contributed by atoms with E-state index in [9.17, 15) is 18.0 Å². The Bertz CT molecular complexity index is 709. The van der Waals surface area contributed by atoms with Crippen molar-refractivity contribution in [2.75, 3.05) is 11.6 Å². The van der Waals surface area contributed by atoms with Crippen LogP contribution in [0.5, 0.6) is 0 Å². The van der Waals surface area contributed by atoms with Crippen molar-refractivity contribution in [2.45, 2.75) is 18.8 Å². The van der Waals surface area contributed by atoms with Gasteiger partial charge >= 0.3 is 6.18 Å². The molecule has 128 valence electrons. The van der Waals surface area contributed by atoms with Crippen molar-refractivity contribution in [3.8, 4) is 10.6 Å². The fourth-order valence-corrected chi connectivity index (χ4v) is 3.95. The maximum atomic E-state index is 12.6. The Morgan fingerprint density at radius 1 is 1.33 bits per heavy atom. The van der Waals surface area contributed by atoms with Crippen LogP contribution < -0.4 is 10.6 Å². The van der Waals surface area contributed by atoms with Crippen LogP contribution in [-0.2, 0) is 17.5 Å². The van der Waals surface area contributed by atoms with E-state index in [0.29, 0.717) is 22.8 Å². The van der Waals surface area contributed by atoms with Gasteiger partial charge in [-0.15, -0.1) is 23.1 Å². The highest BCUT2D eigenvalue weighted by molar-refractivity contribution is 7.99. The number of carbonyl (C=O) groups excluding carboxylic acids is 1. The zero-order chi connectivity index (χ0) is 17.2. The van der Waals surface area contributed by atoms with E-state index in [1.54, 1.807) is 17.1 Å². The van der Waals surface area contributed by atoms with Crippen LogP contribution in [0.3, 0.4) is 0 Å². The number of rotatable bonds is 4. The van der Waals surface area contributed by atoms with Crippen molar-refractivity contribution in [3.05, 3.63) is 40.9 Å². The van der Waals surface area contributed by atoms with E-state index in [2.05, 4.69) is 15.6 Å². The van der Waals surface area contributed by atoms with Gasteiger partial charge in [0.15, 0.2) is 0 Å². The first-order valence-electron chi connectivity index (χ1n) is 7.14. The summed E-state index contributed by atoms with van der Waals surface area (Å²) >= 11 is 3.01. The highest BCUT2D eigenvalue weighted by Gasteiger charge is 2.30. The predicted molar refractivity (Wildman–Crippen MR) is 88.6 cm³/mol. The van der Waals surface area contributed by atoms with Gasteiger partial charge in [-0.25, -0.2) is 4.98 Å². The normalized spacial score (nSPS) is 17.9. The van der Waals surface area contributed by atoms with Crippen LogP contribution in [0.2, 0.25) is 0 Å². The third kappa shape index (κ3) is 4.08. The molecule has 9 heteroatoms. The topological polar surface area (TPSA) is 54.0 Å². The van der Waals surface area contributed by atoms with Crippen LogP contribution >= 0.6 is 23.1 Å². The zero-order valence-corrected chi connectivity index (χ0v) is 14.0. The SMILES string of the molecule is O=C(NCc1csc(-c2ccc(C(F)(F)F)cc2)n1)C1CSCN1. The summed E-state index contributed by atoms with van der Waals surface area (Å²) in [6.07, 6.45) is -4.34. The first-order valence-corrected chi connectivity index (χ1v) is 9.18. The number of benzene rings is 1. The second-order valence-corrected chi connectivity index (χ2v) is 7.10. The molecular formula is C15H14F3N3OS2. The van der Waals surface area contributed by atoms with Gasteiger partial charge in [-0.3, -0.25) is 10.1 Å². The number of nitrogens with one attached hydrogen (secondary N) is 2. The summed E-state index contributed by atoms with van der Waals surface area (Å²) in [6, 6.07) is 4.72. The molecule has 3 rings (SSSR count). The maximum Gasteiger partial charge on any atom is 0.416 e. The summed E-state index contributed by atoms with van der Waals surface area (Å²) < 4.78 is 37.7. The van der Waals surface area contributed by atoms with Crippen LogP contribution in [-0.4, -0.2) is 28.6 Å². The van der Waals surface area contributed by atoms with Crippen LogP contribution in [0, 0.1) is 0 Å². The Morgan fingerprint density at radius 3 is 2.71 bits per heavy atom. The molecule has 4 nitrogen and oxygen atoms in total. The Hall–Kier alpha value is -1.58. The molecule has 1 saturated heterocycles. The maximum absolute atomic E-state index is 12.6. The Morgan fingerprint density at radius 2 is 2.08 bits per heavy atom. The molecule has 1 aliphatic rings. The molecule has 1 unspecified atom stereocenters. The lowest BCUT2D eigenvalue weighted by atomic mass is 10.1. The van der Waals surface area contributed by atoms with E-state index in [0.717, 1.165) is 23.8 Å². The van der Waals surface area contributed by atoms with E-state index < -0.39 is 11.7 Å². The van der Waals surface area contributed by atoms with Gasteiger partial charge < -0.3 is 5.32 Å². The molecule has 24 heavy (non-hydrogen) atoms. The highest BCUT2D eigenvalue weighted by atomic mass is 32.2. The first-order chi connectivity index (χ1) is 11.4. The molecule has 0 saturated carbocycles. The van der Waals surface area contributed by atoms with E-state index >= 15 is 0 Å². The van der Waals surface area contributed by atoms with Crippen molar-refractivity contribution >= 4 is 29.0 Å². The lowest BCUT2D eigenvalue weighted by Gasteiger charge is -2.09. The standard InChI is InChI=1S/C15H14F3N3OS2/c16-15(17,18)10-3-1-9(2-4-10)14-21-11(6-24-14)5-19-13(22)12-7-23-8-20-12/h1-4,6,12,20H,5,7-8H2,(H,19,22). The fraction of sp³-hybridized carbons (Fsp3) is 0.333. The number of hydrogen-bond acceptors (Lipinski definition) is 5. The second kappa shape index (κ2) is 7.12. The molecule has 1 amide bonds. The third-order valence-electron chi connectivity index (χ3n) is 3.49. The number of carbonyl (C=O) groups is 1. The summed E-state index contributed by atoms with van der Waals surface area (Å²) in [5.41, 5.74) is 0.630. The molecule has 1 atom stereocenters. The van der Waals surface area contributed by atoms with Crippen LogP contribution in [0.1, 0.15) is 11.3 Å². The lowest BCUT2D eigenvalue weighted by Crippen LogP contribution is -2.41. The van der Waals surface area contributed by atoms with Gasteiger partial charge in [-0.1, -0.05) is 12.1 Å². The molecule has 0 radical (unpaired) electrons. The van der Waals surface area contributed by atoms with Gasteiger partial charge in [0.05, 0.1) is 23.8 Å². The lowest BCUT2D eigenvalue weighted by molar-refractivity contribution is -0.137. The minimum atomic E-state index is -4.34. The van der Waals surface area contributed by atoms with Crippen molar-refractivity contribution in [3.63, 3.8) is 0 Å². The Balaban J connectivity index is 1.61. The molecule has 2 heterocycles. The average Bonchev–Trinajstić information content (AvgIpc) is 3.23. The third-order valence-corrected chi connectivity index (χ3v) is 5.37. The number of amides is 1. The van der Waals surface area contributed by atoms with Gasteiger partial charge in [-0.05, 0) is 12.1 Å². The number of aromatic nitrogens is 1. The molecule has 0 spiro atoms. The van der Waals surface area contributed by atoms with Gasteiger partial charge in [0.25, 0.3) is 0 Å². The number of nitrogens with zero attached hydrogens (tertiary/aromatic N) is 1. The average molecular weight is 373 g/mol. The van der Waals surface area contributed by atoms with Crippen molar-refractivity contribution in [1.82, 2.24) is 15.6 Å². The molecule has 1 fully saturated rings. The van der Waals surface area contributed by atoms with Crippen LogP contribution in [0.25, 0.3) is 10.6 Å².